The van der Waals surface area contributed by atoms with Crippen molar-refractivity contribution < 1.29 is 107 Å². The standard InChI is InChI=1S/C90H123N21O22/c1-8-10-23-69-83(126)98-49(3)77(120)100-61(79(122)97-45-74(92)116)22-16-33-93-46-75(117)99-65(36-51-26-28-55(113)29-27-51)86(129)107(5)50(4)78(121)104-67(41-76(118)119)89(132)110-35-17-25-70(110)84(127)102-63(37-52-32-34-94-42-52)80(123)101-62(30-31-73(91)115)88(131)111-47-56(114)40-72(111)85(128)103-64(38-53-43-95-59-20-14-12-18-57(53)59)81(124)106-68(48-112)82(125)105-66(39-54-44-96-60-21-15-13-19-58(54)60)87(130)109(7)71(24-11-9-2)90(133)108(69)6/h12-15,18-21,26-29,34,42-44,49-50,56,61-72,93,95-96,112-114H,8-11,16-17,22-25,30-33,35-41,45-48H2,1-7H3,(H2,91,115)(H2,92,116)(H,97,122)(H,98,126)(H,99,117)(H,100,120)(H,101,123)(H,102,127)(H,103,128)(H,104,121)(H,105,125)(H,106,124)(H,118,119)/t49-,50-,56+,61-,62-,63-,64-,65-,66-,67-,68-,69-,70-,71-,72-/m0/s1. The lowest BCUT2D eigenvalue weighted by atomic mass is 10.00. The first-order chi connectivity index (χ1) is 63.4. The number of carbonyl (C=O) groups excluding carboxylic acids is 17. The monoisotopic (exact) mass is 1850 g/mol. The third kappa shape index (κ3) is 28.4. The van der Waals surface area contributed by atoms with E-state index in [2.05, 4.69) is 73.4 Å². The van der Waals surface area contributed by atoms with Gasteiger partial charge in [0, 0.05) is 119 Å². The van der Waals surface area contributed by atoms with Crippen LogP contribution in [-0.2, 0) is 106 Å². The van der Waals surface area contributed by atoms with Gasteiger partial charge in [0.15, 0.2) is 0 Å². The number of fused-ring (bicyclic) bond motifs is 4. The number of carboxylic acids is 1. The number of aliphatic hydroxyl groups is 2. The normalized spacial score (nSPS) is 25.6. The van der Waals surface area contributed by atoms with Gasteiger partial charge in [0.25, 0.3) is 0 Å². The van der Waals surface area contributed by atoms with Crippen molar-refractivity contribution in [1.29, 1.82) is 0 Å². The number of carbonyl (C=O) groups is 18. The van der Waals surface area contributed by atoms with Gasteiger partial charge in [-0.3, -0.25) is 91.3 Å². The van der Waals surface area contributed by atoms with Gasteiger partial charge in [-0.2, -0.15) is 0 Å². The number of unbranched alkanes of at least 4 members (excludes halogenated alkanes) is 2. The summed E-state index contributed by atoms with van der Waals surface area (Å²) in [5, 5.41) is 73.0. The highest BCUT2D eigenvalue weighted by atomic mass is 16.4. The van der Waals surface area contributed by atoms with Crippen LogP contribution in [0.2, 0.25) is 0 Å². The van der Waals surface area contributed by atoms with Crippen molar-refractivity contribution in [2.45, 2.75) is 240 Å². The molecule has 3 aromatic carbocycles. The van der Waals surface area contributed by atoms with Gasteiger partial charge in [0.2, 0.25) is 100 Å². The minimum absolute atomic E-state index is 0.0152. The van der Waals surface area contributed by atoms with Gasteiger partial charge in [-0.15, -0.1) is 0 Å². The molecule has 43 heteroatoms. The second kappa shape index (κ2) is 49.0. The van der Waals surface area contributed by atoms with Crippen LogP contribution in [0.4, 0.5) is 0 Å². The molecule has 0 radical (unpaired) electrons. The quantitative estimate of drug-likeness (QED) is 0.0311. The molecule has 0 bridgehead atoms. The van der Waals surface area contributed by atoms with Gasteiger partial charge in [-0.05, 0) is 118 Å². The van der Waals surface area contributed by atoms with Crippen molar-refractivity contribution in [2.75, 3.05) is 60.5 Å². The van der Waals surface area contributed by atoms with Crippen LogP contribution in [0.3, 0.4) is 0 Å². The number of hydrogen-bond donors (Lipinski definition) is 19. The van der Waals surface area contributed by atoms with Gasteiger partial charge in [-0.25, -0.2) is 0 Å². The molecule has 6 heterocycles. The van der Waals surface area contributed by atoms with E-state index < -0.39 is 249 Å². The first kappa shape index (κ1) is 103. The number of aromatic hydroxyl groups is 1. The lowest BCUT2D eigenvalue weighted by Gasteiger charge is -2.36. The van der Waals surface area contributed by atoms with Gasteiger partial charge in [-0.1, -0.05) is 88.1 Å². The smallest absolute Gasteiger partial charge is 0.305 e. The number of amides is 17. The number of phenols is 1. The molecule has 0 aliphatic carbocycles. The van der Waals surface area contributed by atoms with Crippen LogP contribution in [0.5, 0.6) is 5.75 Å². The summed E-state index contributed by atoms with van der Waals surface area (Å²) in [5.41, 5.74) is 14.1. The number of para-hydroxylation sites is 2. The molecule has 4 aliphatic rings. The summed E-state index contributed by atoms with van der Waals surface area (Å²) >= 11 is 0. The van der Waals surface area contributed by atoms with Crippen LogP contribution in [-0.4, -0.2) is 319 Å². The van der Waals surface area contributed by atoms with Crippen LogP contribution in [0, 0.1) is 0 Å². The molecule has 5 aromatic rings. The number of benzene rings is 3. The molecule has 0 spiro atoms. The number of nitrogens with one attached hydrogen (secondary N) is 13. The molecule has 0 saturated carbocycles. The Kier molecular flexibility index (Phi) is 37.9. The van der Waals surface area contributed by atoms with E-state index in [-0.39, 0.29) is 89.5 Å². The van der Waals surface area contributed by atoms with Crippen LogP contribution in [0.1, 0.15) is 147 Å². The van der Waals surface area contributed by atoms with Gasteiger partial charge in [0.1, 0.15) is 90.3 Å². The third-order valence-corrected chi connectivity index (χ3v) is 24.2. The van der Waals surface area contributed by atoms with Crippen LogP contribution in [0.15, 0.2) is 102 Å². The van der Waals surface area contributed by atoms with E-state index in [0.29, 0.717) is 69.8 Å². The van der Waals surface area contributed by atoms with Crippen LogP contribution in [0.25, 0.3) is 21.8 Å². The van der Waals surface area contributed by atoms with E-state index in [4.69, 9.17) is 11.5 Å². The highest BCUT2D eigenvalue weighted by molar-refractivity contribution is 6.02. The summed E-state index contributed by atoms with van der Waals surface area (Å²) < 4.78 is 0. The number of H-pyrrole nitrogens is 2. The largest absolute Gasteiger partial charge is 0.508 e. The summed E-state index contributed by atoms with van der Waals surface area (Å²) in [6, 6.07) is -2.45. The summed E-state index contributed by atoms with van der Waals surface area (Å²) in [7, 11) is 3.91. The number of aliphatic hydroxyl groups excluding tert-OH is 2. The number of rotatable bonds is 23. The molecular weight excluding hydrogens is 1730 g/mol. The SMILES string of the molecule is CCCC[C@H]1C(=O)N(C)[C@@H](CCCC)C(=O)N[C@@H](C)C(=O)N[C@H](C(=O)NCC(N)=O)CCCNCC(=O)N[C@@H](Cc2ccc(O)cc2)C(=O)N(C)[C@@H](C)C(=O)N[C@@H](CC(=O)O)C(=O)N2CCC[C@H]2C(=O)N[C@@H](CC2=CN=CC2)C(=O)N[C@@H](CCC(N)=O)C(=O)N2C[C@H](O)C[C@H]2C(=O)N[C@@H](Cc2c[nH]c3ccccc23)C(=O)N[C@@H](CO)C(=O)N[C@@H](Cc2c[nH]c3ccccc23)C(=O)N1C. The average Bonchev–Trinajstić information content (AvgIpc) is 1.65. The number of carboxylic acid groups (broad SMARTS) is 1. The minimum Gasteiger partial charge on any atom is -0.508 e. The Morgan fingerprint density at radius 2 is 1.08 bits per heavy atom. The summed E-state index contributed by atoms with van der Waals surface area (Å²) in [6.45, 7) is 3.24. The Morgan fingerprint density at radius 1 is 0.534 bits per heavy atom. The van der Waals surface area contributed by atoms with Crippen molar-refractivity contribution in [3.05, 3.63) is 114 Å². The molecule has 21 N–H and O–H groups in total. The highest BCUT2D eigenvalue weighted by Gasteiger charge is 2.47. The fraction of sp³-hybridized carbons (Fsp3) is 0.522. The van der Waals surface area contributed by atoms with E-state index in [1.54, 1.807) is 60.9 Å². The lowest BCUT2D eigenvalue weighted by Crippen LogP contribution is -2.61. The molecule has 133 heavy (non-hydrogen) atoms. The molecule has 720 valence electrons. The topological polar surface area (TPSA) is 633 Å². The predicted octanol–water partition coefficient (Wildman–Crippen LogP) is -2.93. The number of likely N-dealkylation sites (N-methyl/N-ethyl adjacent to an activating group) is 3. The zero-order valence-electron chi connectivity index (χ0n) is 75.6. The van der Waals surface area contributed by atoms with Crippen molar-refractivity contribution >= 4 is 134 Å². The molecule has 9 rings (SSSR count). The van der Waals surface area contributed by atoms with E-state index in [9.17, 15) is 73.2 Å². The number of nitrogens with two attached hydrogens (primary N) is 2. The zero-order valence-corrected chi connectivity index (χ0v) is 75.6. The number of hydrogen-bond acceptors (Lipinski definition) is 23. The number of aromatic nitrogens is 2. The number of aromatic amines is 2. The summed E-state index contributed by atoms with van der Waals surface area (Å²) in [4.78, 5) is 275. The Labute approximate surface area is 767 Å². The number of phenolic OH excluding ortho intramolecular Hbond substituents is 1. The Bertz CT molecular complexity index is 5130. The fourth-order valence-electron chi connectivity index (χ4n) is 16.6. The lowest BCUT2D eigenvalue weighted by molar-refractivity contribution is -0.149. The van der Waals surface area contributed by atoms with Gasteiger partial charge >= 0.3 is 5.97 Å². The van der Waals surface area contributed by atoms with E-state index in [0.717, 1.165) is 24.5 Å². The number of nitrogens with zero attached hydrogens (tertiary/aromatic N) is 6. The first-order valence-corrected chi connectivity index (χ1v) is 44.7. The molecule has 4 aliphatic heterocycles. The van der Waals surface area contributed by atoms with Crippen molar-refractivity contribution in [2.24, 2.45) is 16.5 Å². The predicted molar refractivity (Wildman–Crippen MR) is 482 cm³/mol. The van der Waals surface area contributed by atoms with Crippen molar-refractivity contribution in [3.63, 3.8) is 0 Å². The van der Waals surface area contributed by atoms with E-state index in [1.807, 2.05) is 13.8 Å². The van der Waals surface area contributed by atoms with E-state index in [1.165, 1.54) is 71.7 Å². The molecule has 3 fully saturated rings. The molecule has 43 nitrogen and oxygen atoms in total. The number of primary amides is 2. The number of aliphatic imine (C=N–C) groups is 1. The number of aliphatic carboxylic acids is 1. The van der Waals surface area contributed by atoms with Gasteiger partial charge < -0.3 is 125 Å². The van der Waals surface area contributed by atoms with Crippen LogP contribution >= 0.6 is 0 Å². The van der Waals surface area contributed by atoms with Crippen LogP contribution < -0.4 is 70.0 Å². The van der Waals surface area contributed by atoms with Crippen molar-refractivity contribution in [3.8, 4) is 5.75 Å². The fourth-order valence-corrected chi connectivity index (χ4v) is 16.6. The minimum atomic E-state index is -1.91. The summed E-state index contributed by atoms with van der Waals surface area (Å²) in [6.07, 6.45) is 2.88. The first-order valence-electron chi connectivity index (χ1n) is 44.7. The second-order valence-corrected chi connectivity index (χ2v) is 34.0. The molecule has 2 aromatic heterocycles. The highest BCUT2D eigenvalue weighted by Crippen LogP contribution is 2.28. The molecule has 3 saturated heterocycles. The Balaban J connectivity index is 1.06. The maximum atomic E-state index is 15.6. The molecule has 17 amide bonds. The maximum Gasteiger partial charge on any atom is 0.305 e. The zero-order chi connectivity index (χ0) is 97.0. The average molecular weight is 1850 g/mol. The Morgan fingerprint density at radius 3 is 1.68 bits per heavy atom. The molecule has 0 unspecified atom stereocenters. The third-order valence-electron chi connectivity index (χ3n) is 24.2. The Hall–Kier alpha value is -13.7. The van der Waals surface area contributed by atoms with Crippen molar-refractivity contribution in [1.82, 2.24) is 93.0 Å². The maximum absolute atomic E-state index is 15.6. The van der Waals surface area contributed by atoms with E-state index >= 15 is 33.6 Å². The summed E-state index contributed by atoms with van der Waals surface area (Å²) in [5.74, 6) is -17.8. The molecule has 15 atom stereocenters. The second-order valence-electron chi connectivity index (χ2n) is 34.0. The molecular formula is C90H123N21O22. The van der Waals surface area contributed by atoms with Gasteiger partial charge in [0.05, 0.1) is 32.2 Å².